The minimum atomic E-state index is -1.56. The minimum absolute atomic E-state index is 0.225. The van der Waals surface area contributed by atoms with Gasteiger partial charge in [0.1, 0.15) is 5.75 Å². The van der Waals surface area contributed by atoms with Crippen LogP contribution in [-0.2, 0) is 4.79 Å². The highest BCUT2D eigenvalue weighted by Crippen LogP contribution is 2.30. The molecule has 6 nitrogen and oxygen atoms in total. The van der Waals surface area contributed by atoms with Crippen molar-refractivity contribution in [1.29, 1.82) is 0 Å². The van der Waals surface area contributed by atoms with Gasteiger partial charge in [-0.15, -0.1) is 0 Å². The fourth-order valence-corrected chi connectivity index (χ4v) is 2.24. The van der Waals surface area contributed by atoms with Gasteiger partial charge in [-0.3, -0.25) is 4.90 Å². The van der Waals surface area contributed by atoms with Crippen LogP contribution in [0.15, 0.2) is 30.3 Å². The van der Waals surface area contributed by atoms with Gasteiger partial charge in [0.05, 0.1) is 6.61 Å². The van der Waals surface area contributed by atoms with E-state index in [0.717, 1.165) is 4.90 Å². The monoisotopic (exact) mass is 265 g/mol. The summed E-state index contributed by atoms with van der Waals surface area (Å²) in [5, 5.41) is 18.6. The van der Waals surface area contributed by atoms with E-state index in [0.29, 0.717) is 12.2 Å². The first-order chi connectivity index (χ1) is 9.10. The number of carboxylic acids is 1. The van der Waals surface area contributed by atoms with Gasteiger partial charge in [-0.1, -0.05) is 18.2 Å². The van der Waals surface area contributed by atoms with Crippen molar-refractivity contribution in [2.75, 3.05) is 13.2 Å². The summed E-state index contributed by atoms with van der Waals surface area (Å²) < 4.78 is 5.12. The van der Waals surface area contributed by atoms with Crippen LogP contribution in [0.4, 0.5) is 4.79 Å². The fourth-order valence-electron chi connectivity index (χ4n) is 2.24. The summed E-state index contributed by atoms with van der Waals surface area (Å²) >= 11 is 0. The standard InChI is InChI=1S/C13H15NO5/c15-9-13(11(16)17)7-4-8-14(13)12(18)19-10-5-2-1-3-6-10/h1-3,5-6,15H,4,7-9H2,(H,16,17)/t13-/m0/s1. The Morgan fingerprint density at radius 1 is 1.32 bits per heavy atom. The van der Waals surface area contributed by atoms with Gasteiger partial charge >= 0.3 is 12.1 Å². The van der Waals surface area contributed by atoms with Crippen LogP contribution in [0.1, 0.15) is 12.8 Å². The first-order valence-electron chi connectivity index (χ1n) is 5.99. The Balaban J connectivity index is 2.16. The molecule has 0 spiro atoms. The third kappa shape index (κ3) is 2.39. The average molecular weight is 265 g/mol. The molecule has 0 aromatic heterocycles. The molecule has 1 amide bonds. The number of para-hydroxylation sites is 1. The van der Waals surface area contributed by atoms with Crippen LogP contribution in [0.3, 0.4) is 0 Å². The van der Waals surface area contributed by atoms with Gasteiger partial charge in [0.2, 0.25) is 0 Å². The predicted octanol–water partition coefficient (Wildman–Crippen LogP) is 1.10. The molecule has 0 bridgehead atoms. The van der Waals surface area contributed by atoms with Crippen LogP contribution in [0.25, 0.3) is 0 Å². The molecule has 0 unspecified atom stereocenters. The molecule has 2 N–H and O–H groups in total. The van der Waals surface area contributed by atoms with E-state index < -0.39 is 24.2 Å². The predicted molar refractivity (Wildman–Crippen MR) is 65.9 cm³/mol. The van der Waals surface area contributed by atoms with Gasteiger partial charge in [0, 0.05) is 6.54 Å². The minimum Gasteiger partial charge on any atom is -0.479 e. The number of carbonyl (C=O) groups is 2. The number of carboxylic acid groups (broad SMARTS) is 1. The molecule has 6 heteroatoms. The van der Waals surface area contributed by atoms with Crippen LogP contribution < -0.4 is 4.74 Å². The maximum atomic E-state index is 12.0. The Labute approximate surface area is 110 Å². The maximum Gasteiger partial charge on any atom is 0.416 e. The number of amides is 1. The lowest BCUT2D eigenvalue weighted by molar-refractivity contribution is -0.150. The van der Waals surface area contributed by atoms with Gasteiger partial charge < -0.3 is 14.9 Å². The van der Waals surface area contributed by atoms with Crippen LogP contribution >= 0.6 is 0 Å². The summed E-state index contributed by atoms with van der Waals surface area (Å²) in [6, 6.07) is 8.42. The van der Waals surface area contributed by atoms with Crippen molar-refractivity contribution in [1.82, 2.24) is 4.90 Å². The second-order valence-electron chi connectivity index (χ2n) is 4.43. The highest BCUT2D eigenvalue weighted by Gasteiger charge is 2.50. The van der Waals surface area contributed by atoms with Crippen molar-refractivity contribution in [3.8, 4) is 5.75 Å². The molecule has 1 atom stereocenters. The maximum absolute atomic E-state index is 12.0. The van der Waals surface area contributed by atoms with E-state index in [-0.39, 0.29) is 13.0 Å². The number of nitrogens with zero attached hydrogens (tertiary/aromatic N) is 1. The smallest absolute Gasteiger partial charge is 0.416 e. The van der Waals surface area contributed by atoms with Gasteiger partial charge in [-0.25, -0.2) is 9.59 Å². The van der Waals surface area contributed by atoms with E-state index in [1.165, 1.54) is 0 Å². The Bertz CT molecular complexity index is 475. The molecule has 102 valence electrons. The molecule has 0 aliphatic carbocycles. The summed E-state index contributed by atoms with van der Waals surface area (Å²) in [5.41, 5.74) is -1.56. The number of hydrogen-bond donors (Lipinski definition) is 2. The van der Waals surface area contributed by atoms with Gasteiger partial charge in [-0.2, -0.15) is 0 Å². The number of aliphatic hydroxyl groups excluding tert-OH is 1. The second-order valence-corrected chi connectivity index (χ2v) is 4.43. The molecule has 0 radical (unpaired) electrons. The number of aliphatic hydroxyl groups is 1. The number of carbonyl (C=O) groups excluding carboxylic acids is 1. The third-order valence-corrected chi connectivity index (χ3v) is 3.32. The Hall–Kier alpha value is -2.08. The Kier molecular flexibility index (Phi) is 3.71. The van der Waals surface area contributed by atoms with E-state index in [1.54, 1.807) is 30.3 Å². The van der Waals surface area contributed by atoms with Crippen molar-refractivity contribution in [3.05, 3.63) is 30.3 Å². The van der Waals surface area contributed by atoms with Crippen molar-refractivity contribution in [2.45, 2.75) is 18.4 Å². The first kappa shape index (κ1) is 13.4. The largest absolute Gasteiger partial charge is 0.479 e. The molecule has 1 aromatic rings. The lowest BCUT2D eigenvalue weighted by atomic mass is 9.98. The summed E-state index contributed by atoms with van der Waals surface area (Å²) in [4.78, 5) is 24.4. The SMILES string of the molecule is O=C(Oc1ccccc1)N1CCC[C@]1(CO)C(=O)O. The Morgan fingerprint density at radius 2 is 2.00 bits per heavy atom. The van der Waals surface area contributed by atoms with Crippen molar-refractivity contribution >= 4 is 12.1 Å². The van der Waals surface area contributed by atoms with E-state index in [1.807, 2.05) is 0 Å². The van der Waals surface area contributed by atoms with Gasteiger partial charge in [0.25, 0.3) is 0 Å². The molecule has 1 aliphatic heterocycles. The Morgan fingerprint density at radius 3 is 2.58 bits per heavy atom. The number of hydrogen-bond acceptors (Lipinski definition) is 4. The zero-order valence-electron chi connectivity index (χ0n) is 10.3. The van der Waals surface area contributed by atoms with E-state index in [9.17, 15) is 19.8 Å². The lowest BCUT2D eigenvalue weighted by Crippen LogP contribution is -2.56. The zero-order chi connectivity index (χ0) is 13.9. The summed E-state index contributed by atoms with van der Waals surface area (Å²) in [7, 11) is 0. The molecular formula is C13H15NO5. The second kappa shape index (κ2) is 5.27. The van der Waals surface area contributed by atoms with Crippen LogP contribution in [0.5, 0.6) is 5.75 Å². The van der Waals surface area contributed by atoms with Crippen LogP contribution in [0, 0.1) is 0 Å². The number of benzene rings is 1. The van der Waals surface area contributed by atoms with Crippen molar-refractivity contribution < 1.29 is 24.5 Å². The molecule has 2 rings (SSSR count). The normalized spacial score (nSPS) is 22.3. The summed E-state index contributed by atoms with van der Waals surface area (Å²) in [6.07, 6.45) is -0.000384. The number of rotatable bonds is 3. The topological polar surface area (TPSA) is 87.1 Å². The van der Waals surface area contributed by atoms with Crippen molar-refractivity contribution in [3.63, 3.8) is 0 Å². The fraction of sp³-hybridized carbons (Fsp3) is 0.385. The quantitative estimate of drug-likeness (QED) is 0.854. The van der Waals surface area contributed by atoms with Crippen LogP contribution in [-0.4, -0.2) is 45.9 Å². The van der Waals surface area contributed by atoms with E-state index in [4.69, 9.17) is 4.74 Å². The molecule has 1 heterocycles. The van der Waals surface area contributed by atoms with Crippen LogP contribution in [0.2, 0.25) is 0 Å². The van der Waals surface area contributed by atoms with E-state index >= 15 is 0 Å². The zero-order valence-corrected chi connectivity index (χ0v) is 10.3. The van der Waals surface area contributed by atoms with Gasteiger partial charge in [0.15, 0.2) is 5.54 Å². The van der Waals surface area contributed by atoms with E-state index in [2.05, 4.69) is 0 Å². The lowest BCUT2D eigenvalue weighted by Gasteiger charge is -2.31. The highest BCUT2D eigenvalue weighted by molar-refractivity contribution is 5.86. The molecule has 19 heavy (non-hydrogen) atoms. The summed E-state index contributed by atoms with van der Waals surface area (Å²) in [6.45, 7) is -0.356. The molecule has 1 saturated heterocycles. The molecular weight excluding hydrogens is 250 g/mol. The molecule has 1 aromatic carbocycles. The molecule has 1 aliphatic rings. The molecule has 1 fully saturated rings. The van der Waals surface area contributed by atoms with Gasteiger partial charge in [-0.05, 0) is 25.0 Å². The first-order valence-corrected chi connectivity index (χ1v) is 5.99. The number of likely N-dealkylation sites (tertiary alicyclic amines) is 1. The number of aliphatic carboxylic acids is 1. The van der Waals surface area contributed by atoms with Crippen molar-refractivity contribution in [2.24, 2.45) is 0 Å². The third-order valence-electron chi connectivity index (χ3n) is 3.32. The number of ether oxygens (including phenoxy) is 1. The highest BCUT2D eigenvalue weighted by atomic mass is 16.6. The summed E-state index contributed by atoms with van der Waals surface area (Å²) in [5.74, 6) is -0.867. The average Bonchev–Trinajstić information content (AvgIpc) is 2.85. The molecule has 0 saturated carbocycles.